The van der Waals surface area contributed by atoms with Crippen LogP contribution in [0, 0.1) is 0 Å². The van der Waals surface area contributed by atoms with Crippen LogP contribution in [0.5, 0.6) is 5.75 Å². The molecule has 1 N–H and O–H groups in total. The number of rotatable bonds is 4. The van der Waals surface area contributed by atoms with E-state index < -0.39 is 0 Å². The van der Waals surface area contributed by atoms with Gasteiger partial charge in [-0.05, 0) is 36.4 Å². The molecule has 1 amide bonds. The van der Waals surface area contributed by atoms with E-state index in [0.717, 1.165) is 16.0 Å². The number of carbonyl (C=O) groups excluding carboxylic acids is 1. The minimum absolute atomic E-state index is 0.252. The first-order chi connectivity index (χ1) is 10.2. The van der Waals surface area contributed by atoms with Gasteiger partial charge in [-0.3, -0.25) is 10.1 Å². The number of thiazole rings is 1. The summed E-state index contributed by atoms with van der Waals surface area (Å²) in [6.07, 6.45) is 4.57. The fourth-order valence-electron chi connectivity index (χ4n) is 1.78. The summed E-state index contributed by atoms with van der Waals surface area (Å²) in [4.78, 5) is 16.2. The van der Waals surface area contributed by atoms with Crippen LogP contribution in [-0.4, -0.2) is 18.0 Å². The molecule has 0 fully saturated rings. The van der Waals surface area contributed by atoms with Crippen LogP contribution in [0.15, 0.2) is 47.1 Å². The van der Waals surface area contributed by atoms with Crippen LogP contribution in [0.1, 0.15) is 5.76 Å². The summed E-state index contributed by atoms with van der Waals surface area (Å²) >= 11 is 1.40. The van der Waals surface area contributed by atoms with Crippen molar-refractivity contribution in [3.8, 4) is 5.75 Å². The van der Waals surface area contributed by atoms with Crippen molar-refractivity contribution in [3.63, 3.8) is 0 Å². The molecule has 0 aliphatic heterocycles. The van der Waals surface area contributed by atoms with Crippen LogP contribution in [0.25, 0.3) is 16.3 Å². The normalized spacial score (nSPS) is 11.1. The summed E-state index contributed by atoms with van der Waals surface area (Å²) in [6, 6.07) is 9.12. The predicted octanol–water partition coefficient (Wildman–Crippen LogP) is 3.55. The standard InChI is InChI=1S/C15H12N2O3S/c1-19-11-4-6-12-13(9-11)21-15(16-12)17-14(18)7-5-10-3-2-8-20-10/h2-9H,1H3,(H,16,17,18)/b7-5+. The van der Waals surface area contributed by atoms with E-state index in [9.17, 15) is 4.79 Å². The first-order valence-electron chi connectivity index (χ1n) is 6.22. The first-order valence-corrected chi connectivity index (χ1v) is 7.03. The number of nitrogens with one attached hydrogen (secondary N) is 1. The Morgan fingerprint density at radius 3 is 3.10 bits per heavy atom. The molecule has 0 spiro atoms. The average Bonchev–Trinajstić information content (AvgIpc) is 3.13. The summed E-state index contributed by atoms with van der Waals surface area (Å²) < 4.78 is 11.2. The van der Waals surface area contributed by atoms with Crippen molar-refractivity contribution in [1.82, 2.24) is 4.98 Å². The number of benzene rings is 1. The number of methoxy groups -OCH3 is 1. The molecule has 0 bridgehead atoms. The summed E-state index contributed by atoms with van der Waals surface area (Å²) in [5, 5.41) is 3.28. The molecule has 5 nitrogen and oxygen atoms in total. The number of carbonyl (C=O) groups is 1. The van der Waals surface area contributed by atoms with Crippen molar-refractivity contribution < 1.29 is 13.9 Å². The number of furan rings is 1. The quantitative estimate of drug-likeness (QED) is 0.748. The fourth-order valence-corrected chi connectivity index (χ4v) is 2.67. The number of hydrogen-bond acceptors (Lipinski definition) is 5. The lowest BCUT2D eigenvalue weighted by Crippen LogP contribution is -2.07. The molecule has 0 atom stereocenters. The van der Waals surface area contributed by atoms with Crippen molar-refractivity contribution in [2.24, 2.45) is 0 Å². The van der Waals surface area contributed by atoms with Crippen molar-refractivity contribution >= 4 is 38.7 Å². The molecule has 21 heavy (non-hydrogen) atoms. The molecular formula is C15H12N2O3S. The van der Waals surface area contributed by atoms with E-state index in [1.165, 1.54) is 17.4 Å². The largest absolute Gasteiger partial charge is 0.497 e. The molecule has 0 saturated carbocycles. The number of aromatic nitrogens is 1. The second kappa shape index (κ2) is 5.80. The van der Waals surface area contributed by atoms with Gasteiger partial charge in [-0.2, -0.15) is 0 Å². The Labute approximate surface area is 124 Å². The maximum atomic E-state index is 11.8. The van der Waals surface area contributed by atoms with E-state index in [1.807, 2.05) is 18.2 Å². The molecule has 0 aliphatic carbocycles. The van der Waals surface area contributed by atoms with Crippen LogP contribution in [-0.2, 0) is 4.79 Å². The minimum Gasteiger partial charge on any atom is -0.497 e. The zero-order valence-electron chi connectivity index (χ0n) is 11.2. The SMILES string of the molecule is COc1ccc2nc(NC(=O)/C=C/c3ccco3)sc2c1. The molecule has 1 aromatic carbocycles. The Bertz CT molecular complexity index is 790. The summed E-state index contributed by atoms with van der Waals surface area (Å²) in [6.45, 7) is 0. The number of fused-ring (bicyclic) bond motifs is 1. The van der Waals surface area contributed by atoms with Gasteiger partial charge in [0.15, 0.2) is 5.13 Å². The molecule has 0 aliphatic rings. The van der Waals surface area contributed by atoms with Crippen molar-refractivity contribution in [2.75, 3.05) is 12.4 Å². The number of hydrogen-bond donors (Lipinski definition) is 1. The monoisotopic (exact) mass is 300 g/mol. The van der Waals surface area contributed by atoms with E-state index in [0.29, 0.717) is 10.9 Å². The number of nitrogens with zero attached hydrogens (tertiary/aromatic N) is 1. The third kappa shape index (κ3) is 3.11. The second-order valence-corrected chi connectivity index (χ2v) is 5.22. The molecule has 2 aromatic heterocycles. The van der Waals surface area contributed by atoms with Crippen LogP contribution < -0.4 is 10.1 Å². The molecular weight excluding hydrogens is 288 g/mol. The molecule has 3 rings (SSSR count). The lowest BCUT2D eigenvalue weighted by atomic mass is 10.3. The first kappa shape index (κ1) is 13.4. The molecule has 0 radical (unpaired) electrons. The van der Waals surface area contributed by atoms with Crippen LogP contribution in [0.2, 0.25) is 0 Å². The molecule has 0 saturated heterocycles. The van der Waals surface area contributed by atoms with Gasteiger partial charge in [0.05, 0.1) is 23.6 Å². The highest BCUT2D eigenvalue weighted by atomic mass is 32.1. The van der Waals surface area contributed by atoms with E-state index in [4.69, 9.17) is 9.15 Å². The number of anilines is 1. The van der Waals surface area contributed by atoms with Crippen LogP contribution >= 0.6 is 11.3 Å². The van der Waals surface area contributed by atoms with Gasteiger partial charge in [0, 0.05) is 6.08 Å². The van der Waals surface area contributed by atoms with Gasteiger partial charge < -0.3 is 9.15 Å². The van der Waals surface area contributed by atoms with E-state index in [2.05, 4.69) is 10.3 Å². The Hall–Kier alpha value is -2.60. The van der Waals surface area contributed by atoms with E-state index in [1.54, 1.807) is 31.6 Å². The topological polar surface area (TPSA) is 64.4 Å². The maximum Gasteiger partial charge on any atom is 0.250 e. The number of amides is 1. The van der Waals surface area contributed by atoms with Gasteiger partial charge in [-0.1, -0.05) is 11.3 Å². The summed E-state index contributed by atoms with van der Waals surface area (Å²) in [5.41, 5.74) is 0.825. The van der Waals surface area contributed by atoms with Crippen molar-refractivity contribution in [1.29, 1.82) is 0 Å². The molecule has 106 valence electrons. The lowest BCUT2D eigenvalue weighted by Gasteiger charge is -1.96. The summed E-state index contributed by atoms with van der Waals surface area (Å²) in [7, 11) is 1.62. The third-order valence-electron chi connectivity index (χ3n) is 2.77. The Morgan fingerprint density at radius 1 is 1.43 bits per heavy atom. The van der Waals surface area contributed by atoms with Crippen LogP contribution in [0.4, 0.5) is 5.13 Å². The molecule has 0 unspecified atom stereocenters. The fraction of sp³-hybridized carbons (Fsp3) is 0.0667. The Balaban J connectivity index is 1.73. The average molecular weight is 300 g/mol. The Morgan fingerprint density at radius 2 is 2.33 bits per heavy atom. The lowest BCUT2D eigenvalue weighted by molar-refractivity contribution is -0.111. The third-order valence-corrected chi connectivity index (χ3v) is 3.70. The van der Waals surface area contributed by atoms with Crippen molar-refractivity contribution in [3.05, 3.63) is 48.4 Å². The molecule has 3 aromatic rings. The van der Waals surface area contributed by atoms with Gasteiger partial charge in [0.1, 0.15) is 11.5 Å². The summed E-state index contributed by atoms with van der Waals surface area (Å²) in [5.74, 6) is 1.14. The van der Waals surface area contributed by atoms with Crippen molar-refractivity contribution in [2.45, 2.75) is 0 Å². The van der Waals surface area contributed by atoms with E-state index in [-0.39, 0.29) is 5.91 Å². The highest BCUT2D eigenvalue weighted by molar-refractivity contribution is 7.22. The zero-order valence-corrected chi connectivity index (χ0v) is 12.0. The predicted molar refractivity (Wildman–Crippen MR) is 82.5 cm³/mol. The number of ether oxygens (including phenoxy) is 1. The molecule has 2 heterocycles. The zero-order chi connectivity index (χ0) is 14.7. The molecule has 6 heteroatoms. The Kier molecular flexibility index (Phi) is 3.70. The maximum absolute atomic E-state index is 11.8. The smallest absolute Gasteiger partial charge is 0.250 e. The van der Waals surface area contributed by atoms with Gasteiger partial charge >= 0.3 is 0 Å². The van der Waals surface area contributed by atoms with E-state index >= 15 is 0 Å². The second-order valence-electron chi connectivity index (χ2n) is 4.19. The van der Waals surface area contributed by atoms with Gasteiger partial charge in [-0.25, -0.2) is 4.98 Å². The highest BCUT2D eigenvalue weighted by Crippen LogP contribution is 2.29. The minimum atomic E-state index is -0.252. The van der Waals surface area contributed by atoms with Crippen LogP contribution in [0.3, 0.4) is 0 Å². The van der Waals surface area contributed by atoms with Gasteiger partial charge in [0.25, 0.3) is 0 Å². The van der Waals surface area contributed by atoms with Gasteiger partial charge in [0.2, 0.25) is 5.91 Å². The highest BCUT2D eigenvalue weighted by Gasteiger charge is 2.07. The van der Waals surface area contributed by atoms with Gasteiger partial charge in [-0.15, -0.1) is 0 Å².